The van der Waals surface area contributed by atoms with E-state index in [0.29, 0.717) is 13.2 Å². The number of ether oxygens (including phenoxy) is 1. The Hall–Kier alpha value is -2.33. The molecule has 0 fully saturated rings. The number of hydrogen-bond donors (Lipinski definition) is 1. The minimum Gasteiger partial charge on any atom is -0.445 e. The number of benzene rings is 2. The van der Waals surface area contributed by atoms with E-state index >= 15 is 0 Å². The molecule has 0 saturated carbocycles. The van der Waals surface area contributed by atoms with Crippen LogP contribution in [0.1, 0.15) is 17.5 Å². The van der Waals surface area contributed by atoms with E-state index in [4.69, 9.17) is 4.74 Å². The standard InChI is InChI=1S/C21H27NO2Si/c1-25(2,3)20-14-9-13-18(16-20)10-7-8-15-22-21(23)24-17-19-11-5-4-6-12-19/h4-7,9-14,16H,8,15,17H2,1-3H3,(H,22,23). The van der Waals surface area contributed by atoms with Crippen molar-refractivity contribution in [3.8, 4) is 0 Å². The fourth-order valence-electron chi connectivity index (χ4n) is 2.36. The Labute approximate surface area is 151 Å². The summed E-state index contributed by atoms with van der Waals surface area (Å²) in [5.41, 5.74) is 2.20. The van der Waals surface area contributed by atoms with E-state index in [9.17, 15) is 4.79 Å². The lowest BCUT2D eigenvalue weighted by atomic mass is 10.2. The van der Waals surface area contributed by atoms with Crippen LogP contribution in [0.25, 0.3) is 6.08 Å². The van der Waals surface area contributed by atoms with E-state index in [2.05, 4.69) is 61.4 Å². The van der Waals surface area contributed by atoms with Crippen molar-refractivity contribution >= 4 is 25.4 Å². The maximum Gasteiger partial charge on any atom is 0.407 e. The van der Waals surface area contributed by atoms with Gasteiger partial charge in [0.2, 0.25) is 0 Å². The Morgan fingerprint density at radius 2 is 1.84 bits per heavy atom. The molecule has 0 heterocycles. The second-order valence-corrected chi connectivity index (χ2v) is 12.1. The molecule has 0 aliphatic carbocycles. The van der Waals surface area contributed by atoms with Gasteiger partial charge in [0, 0.05) is 6.54 Å². The molecule has 0 spiro atoms. The van der Waals surface area contributed by atoms with Crippen LogP contribution >= 0.6 is 0 Å². The molecular formula is C21H27NO2Si. The van der Waals surface area contributed by atoms with Crippen LogP contribution < -0.4 is 10.5 Å². The second-order valence-electron chi connectivity index (χ2n) is 7.06. The summed E-state index contributed by atoms with van der Waals surface area (Å²) in [6, 6.07) is 18.4. The third-order valence-electron chi connectivity index (χ3n) is 3.86. The summed E-state index contributed by atoms with van der Waals surface area (Å²) in [6.07, 6.45) is 4.59. The van der Waals surface area contributed by atoms with Crippen molar-refractivity contribution in [3.05, 3.63) is 71.8 Å². The number of rotatable bonds is 7. The highest BCUT2D eigenvalue weighted by molar-refractivity contribution is 6.88. The summed E-state index contributed by atoms with van der Waals surface area (Å²) in [4.78, 5) is 11.7. The van der Waals surface area contributed by atoms with E-state index < -0.39 is 8.07 Å². The average Bonchev–Trinajstić information content (AvgIpc) is 2.60. The number of carbonyl (C=O) groups excluding carboxylic acids is 1. The molecule has 1 amide bonds. The third kappa shape index (κ3) is 6.97. The fourth-order valence-corrected chi connectivity index (χ4v) is 3.56. The molecule has 0 aromatic heterocycles. The molecule has 1 N–H and O–H groups in total. The van der Waals surface area contributed by atoms with Crippen LogP contribution in [0.4, 0.5) is 4.79 Å². The average molecular weight is 354 g/mol. The van der Waals surface area contributed by atoms with Crippen molar-refractivity contribution in [1.29, 1.82) is 0 Å². The Balaban J connectivity index is 1.70. The summed E-state index contributed by atoms with van der Waals surface area (Å²) in [6.45, 7) is 7.91. The first-order valence-corrected chi connectivity index (χ1v) is 12.2. The first-order valence-electron chi connectivity index (χ1n) is 8.67. The van der Waals surface area contributed by atoms with Crippen LogP contribution in [-0.2, 0) is 11.3 Å². The zero-order valence-corrected chi connectivity index (χ0v) is 16.3. The first-order chi connectivity index (χ1) is 11.9. The third-order valence-corrected chi connectivity index (χ3v) is 5.90. The summed E-state index contributed by atoms with van der Waals surface area (Å²) in [5.74, 6) is 0. The van der Waals surface area contributed by atoms with Gasteiger partial charge >= 0.3 is 6.09 Å². The maximum atomic E-state index is 11.7. The van der Waals surface area contributed by atoms with E-state index in [1.54, 1.807) is 0 Å². The number of alkyl carbamates (subject to hydrolysis) is 1. The molecule has 25 heavy (non-hydrogen) atoms. The van der Waals surface area contributed by atoms with Crippen molar-refractivity contribution in [1.82, 2.24) is 5.32 Å². The Bertz CT molecular complexity index is 705. The lowest BCUT2D eigenvalue weighted by Crippen LogP contribution is -2.37. The first kappa shape index (κ1) is 19.0. The molecule has 0 atom stereocenters. The van der Waals surface area contributed by atoms with Gasteiger partial charge in [-0.25, -0.2) is 4.79 Å². The molecule has 0 unspecified atom stereocenters. The Morgan fingerprint density at radius 1 is 1.08 bits per heavy atom. The minimum atomic E-state index is -1.28. The molecule has 0 aliphatic heterocycles. The van der Waals surface area contributed by atoms with E-state index in [1.165, 1.54) is 10.8 Å². The molecule has 0 radical (unpaired) electrons. The van der Waals surface area contributed by atoms with Crippen molar-refractivity contribution in [2.24, 2.45) is 0 Å². The number of hydrogen-bond acceptors (Lipinski definition) is 2. The van der Waals surface area contributed by atoms with Gasteiger partial charge in [0.15, 0.2) is 0 Å². The van der Waals surface area contributed by atoms with Gasteiger partial charge in [-0.1, -0.05) is 91.6 Å². The van der Waals surface area contributed by atoms with Gasteiger partial charge in [0.1, 0.15) is 6.61 Å². The van der Waals surface area contributed by atoms with Gasteiger partial charge in [-0.15, -0.1) is 0 Å². The number of nitrogens with one attached hydrogen (secondary N) is 1. The van der Waals surface area contributed by atoms with E-state index in [-0.39, 0.29) is 6.09 Å². The number of amides is 1. The van der Waals surface area contributed by atoms with Gasteiger partial charge in [0.25, 0.3) is 0 Å². The van der Waals surface area contributed by atoms with Gasteiger partial charge in [-0.05, 0) is 17.5 Å². The van der Waals surface area contributed by atoms with E-state index in [1.807, 2.05) is 30.3 Å². The highest BCUT2D eigenvalue weighted by Gasteiger charge is 2.15. The molecule has 2 rings (SSSR count). The van der Waals surface area contributed by atoms with Crippen LogP contribution in [0.5, 0.6) is 0 Å². The smallest absolute Gasteiger partial charge is 0.407 e. The van der Waals surface area contributed by atoms with Crippen molar-refractivity contribution in [3.63, 3.8) is 0 Å². The lowest BCUT2D eigenvalue weighted by Gasteiger charge is -2.16. The van der Waals surface area contributed by atoms with Gasteiger partial charge in [-0.3, -0.25) is 0 Å². The van der Waals surface area contributed by atoms with Crippen molar-refractivity contribution in [2.45, 2.75) is 32.7 Å². The van der Waals surface area contributed by atoms with Gasteiger partial charge < -0.3 is 10.1 Å². The fraction of sp³-hybridized carbons (Fsp3) is 0.286. The van der Waals surface area contributed by atoms with Crippen LogP contribution in [0.3, 0.4) is 0 Å². The van der Waals surface area contributed by atoms with E-state index in [0.717, 1.165) is 12.0 Å². The van der Waals surface area contributed by atoms with Crippen LogP contribution in [0.2, 0.25) is 19.6 Å². The number of carbonyl (C=O) groups is 1. The Kier molecular flexibility index (Phi) is 7.01. The van der Waals surface area contributed by atoms with Crippen molar-refractivity contribution in [2.75, 3.05) is 6.54 Å². The molecule has 2 aromatic rings. The highest BCUT2D eigenvalue weighted by Crippen LogP contribution is 2.07. The zero-order chi connectivity index (χ0) is 18.1. The topological polar surface area (TPSA) is 38.3 Å². The van der Waals surface area contributed by atoms with Crippen LogP contribution in [0.15, 0.2) is 60.7 Å². The molecule has 0 saturated heterocycles. The van der Waals surface area contributed by atoms with Gasteiger partial charge in [-0.2, -0.15) is 0 Å². The molecular weight excluding hydrogens is 326 g/mol. The largest absolute Gasteiger partial charge is 0.445 e. The normalized spacial score (nSPS) is 11.5. The molecule has 132 valence electrons. The van der Waals surface area contributed by atoms with Crippen molar-refractivity contribution < 1.29 is 9.53 Å². The van der Waals surface area contributed by atoms with Crippen LogP contribution in [-0.4, -0.2) is 20.7 Å². The molecule has 3 nitrogen and oxygen atoms in total. The SMILES string of the molecule is C[Si](C)(C)c1cccc(C=CCCNC(=O)OCc2ccccc2)c1. The molecule has 2 aromatic carbocycles. The lowest BCUT2D eigenvalue weighted by molar-refractivity contribution is 0.140. The van der Waals surface area contributed by atoms with Gasteiger partial charge in [0.05, 0.1) is 8.07 Å². The predicted octanol–water partition coefficient (Wildman–Crippen LogP) is 4.56. The quantitative estimate of drug-likeness (QED) is 0.585. The highest BCUT2D eigenvalue weighted by atomic mass is 28.3. The Morgan fingerprint density at radius 3 is 2.56 bits per heavy atom. The maximum absolute atomic E-state index is 11.7. The second kappa shape index (κ2) is 9.23. The minimum absolute atomic E-state index is 0.298. The predicted molar refractivity (Wildman–Crippen MR) is 108 cm³/mol. The summed E-state index contributed by atoms with van der Waals surface area (Å²) < 4.78 is 5.18. The molecule has 0 bridgehead atoms. The zero-order valence-electron chi connectivity index (χ0n) is 15.3. The summed E-state index contributed by atoms with van der Waals surface area (Å²) >= 11 is 0. The summed E-state index contributed by atoms with van der Waals surface area (Å²) in [5, 5.41) is 4.23. The summed E-state index contributed by atoms with van der Waals surface area (Å²) in [7, 11) is -1.28. The molecule has 4 heteroatoms. The monoisotopic (exact) mass is 353 g/mol. The van der Waals surface area contributed by atoms with Crippen LogP contribution in [0, 0.1) is 0 Å². The molecule has 0 aliphatic rings.